The van der Waals surface area contributed by atoms with Crippen LogP contribution in [0.25, 0.3) is 0 Å². The fourth-order valence-corrected chi connectivity index (χ4v) is 2.56. The molecule has 1 saturated carbocycles. The van der Waals surface area contributed by atoms with Gasteiger partial charge >= 0.3 is 0 Å². The van der Waals surface area contributed by atoms with E-state index in [2.05, 4.69) is 27.8 Å². The predicted octanol–water partition coefficient (Wildman–Crippen LogP) is 1.36. The summed E-state index contributed by atoms with van der Waals surface area (Å²) < 4.78 is 1.96. The Morgan fingerprint density at radius 3 is 2.75 bits per heavy atom. The smallest absolute Gasteiger partial charge is 0.165 e. The molecule has 1 aliphatic rings. The van der Waals surface area contributed by atoms with Crippen molar-refractivity contribution in [3.63, 3.8) is 0 Å². The Kier molecular flexibility index (Phi) is 3.53. The van der Waals surface area contributed by atoms with Crippen LogP contribution in [0.1, 0.15) is 44.9 Å². The standard InChI is InChI=1S/C11H21N5/c1-11(6-4-3-5-7-11)9-16-10(8-12-2)13-14-15-16/h12H,3-9H2,1-2H3. The van der Waals surface area contributed by atoms with Crippen LogP contribution in [0.2, 0.25) is 0 Å². The van der Waals surface area contributed by atoms with Crippen LogP contribution < -0.4 is 5.32 Å². The summed E-state index contributed by atoms with van der Waals surface area (Å²) in [6, 6.07) is 0. The Bertz CT molecular complexity index is 327. The van der Waals surface area contributed by atoms with E-state index >= 15 is 0 Å². The maximum Gasteiger partial charge on any atom is 0.165 e. The van der Waals surface area contributed by atoms with E-state index in [1.54, 1.807) is 0 Å². The van der Waals surface area contributed by atoms with Crippen molar-refractivity contribution in [1.82, 2.24) is 25.5 Å². The van der Waals surface area contributed by atoms with Gasteiger partial charge in [-0.3, -0.25) is 0 Å². The Morgan fingerprint density at radius 1 is 1.31 bits per heavy atom. The molecule has 2 rings (SSSR count). The molecular formula is C11H21N5. The third-order valence-corrected chi connectivity index (χ3v) is 3.53. The average Bonchev–Trinajstić information content (AvgIpc) is 2.67. The SMILES string of the molecule is CNCc1nnnn1CC1(C)CCCCC1. The van der Waals surface area contributed by atoms with Gasteiger partial charge in [0.05, 0.1) is 13.1 Å². The number of hydrogen-bond donors (Lipinski definition) is 1. The van der Waals surface area contributed by atoms with E-state index in [-0.39, 0.29) is 0 Å². The molecule has 0 unspecified atom stereocenters. The minimum Gasteiger partial charge on any atom is -0.313 e. The molecule has 5 heteroatoms. The van der Waals surface area contributed by atoms with E-state index in [4.69, 9.17) is 0 Å². The molecule has 0 bridgehead atoms. The minimum absolute atomic E-state index is 0.385. The second-order valence-electron chi connectivity index (χ2n) is 5.15. The van der Waals surface area contributed by atoms with Crippen molar-refractivity contribution < 1.29 is 0 Å². The van der Waals surface area contributed by atoms with E-state index < -0.39 is 0 Å². The van der Waals surface area contributed by atoms with Crippen molar-refractivity contribution in [1.29, 1.82) is 0 Å². The molecule has 1 aromatic heterocycles. The zero-order chi connectivity index (χ0) is 11.4. The van der Waals surface area contributed by atoms with Gasteiger partial charge in [0.1, 0.15) is 0 Å². The summed E-state index contributed by atoms with van der Waals surface area (Å²) >= 11 is 0. The van der Waals surface area contributed by atoms with E-state index in [0.717, 1.165) is 18.9 Å². The second kappa shape index (κ2) is 4.91. The predicted molar refractivity (Wildman–Crippen MR) is 61.8 cm³/mol. The van der Waals surface area contributed by atoms with Crippen molar-refractivity contribution in [2.75, 3.05) is 7.05 Å². The minimum atomic E-state index is 0.385. The molecule has 16 heavy (non-hydrogen) atoms. The van der Waals surface area contributed by atoms with Gasteiger partial charge in [0.2, 0.25) is 0 Å². The first-order valence-electron chi connectivity index (χ1n) is 6.13. The van der Waals surface area contributed by atoms with Crippen LogP contribution in [0.4, 0.5) is 0 Å². The first kappa shape index (κ1) is 11.5. The molecule has 0 aliphatic heterocycles. The summed E-state index contributed by atoms with van der Waals surface area (Å²) in [5.41, 5.74) is 0.385. The fraction of sp³-hybridized carbons (Fsp3) is 0.909. The molecule has 1 aliphatic carbocycles. The molecular weight excluding hydrogens is 202 g/mol. The average molecular weight is 223 g/mol. The van der Waals surface area contributed by atoms with Crippen LogP contribution in [-0.2, 0) is 13.1 Å². The Morgan fingerprint density at radius 2 is 2.06 bits per heavy atom. The highest BCUT2D eigenvalue weighted by Crippen LogP contribution is 2.36. The van der Waals surface area contributed by atoms with E-state index in [1.807, 2.05) is 11.7 Å². The van der Waals surface area contributed by atoms with E-state index in [9.17, 15) is 0 Å². The third kappa shape index (κ3) is 2.58. The molecule has 1 N–H and O–H groups in total. The fourth-order valence-electron chi connectivity index (χ4n) is 2.56. The van der Waals surface area contributed by atoms with Crippen molar-refractivity contribution in [2.24, 2.45) is 5.41 Å². The molecule has 5 nitrogen and oxygen atoms in total. The molecule has 0 spiro atoms. The number of rotatable bonds is 4. The molecule has 1 aromatic rings. The molecule has 90 valence electrons. The number of aromatic nitrogens is 4. The van der Waals surface area contributed by atoms with Crippen LogP contribution in [0.15, 0.2) is 0 Å². The molecule has 1 heterocycles. The number of nitrogens with zero attached hydrogens (tertiary/aromatic N) is 4. The van der Waals surface area contributed by atoms with Crippen LogP contribution in [0, 0.1) is 5.41 Å². The highest BCUT2D eigenvalue weighted by molar-refractivity contribution is 4.85. The van der Waals surface area contributed by atoms with E-state index in [0.29, 0.717) is 5.41 Å². The molecule has 0 amide bonds. The van der Waals surface area contributed by atoms with Gasteiger partial charge in [-0.25, -0.2) is 4.68 Å². The number of hydrogen-bond acceptors (Lipinski definition) is 4. The lowest BCUT2D eigenvalue weighted by Gasteiger charge is -2.33. The van der Waals surface area contributed by atoms with Crippen LogP contribution in [-0.4, -0.2) is 27.3 Å². The zero-order valence-electron chi connectivity index (χ0n) is 10.2. The number of nitrogens with one attached hydrogen (secondary N) is 1. The summed E-state index contributed by atoms with van der Waals surface area (Å²) in [5, 5.41) is 15.0. The van der Waals surface area contributed by atoms with Gasteiger partial charge in [0.25, 0.3) is 0 Å². The molecule has 0 radical (unpaired) electrons. The Labute approximate surface area is 96.6 Å². The molecule has 0 aromatic carbocycles. The quantitative estimate of drug-likeness (QED) is 0.837. The first-order chi connectivity index (χ1) is 7.73. The van der Waals surface area contributed by atoms with Crippen molar-refractivity contribution >= 4 is 0 Å². The van der Waals surface area contributed by atoms with Gasteiger partial charge in [-0.1, -0.05) is 26.2 Å². The number of tetrazole rings is 1. The zero-order valence-corrected chi connectivity index (χ0v) is 10.2. The van der Waals surface area contributed by atoms with Crippen LogP contribution >= 0.6 is 0 Å². The Hall–Kier alpha value is -0.970. The Balaban J connectivity index is 2.04. The van der Waals surface area contributed by atoms with Gasteiger partial charge in [-0.05, 0) is 35.7 Å². The summed E-state index contributed by atoms with van der Waals surface area (Å²) in [6.45, 7) is 4.05. The summed E-state index contributed by atoms with van der Waals surface area (Å²) in [6.07, 6.45) is 6.67. The largest absolute Gasteiger partial charge is 0.313 e. The molecule has 0 saturated heterocycles. The highest BCUT2D eigenvalue weighted by Gasteiger charge is 2.28. The highest BCUT2D eigenvalue weighted by atomic mass is 15.5. The summed E-state index contributed by atoms with van der Waals surface area (Å²) in [7, 11) is 1.92. The lowest BCUT2D eigenvalue weighted by molar-refractivity contribution is 0.172. The van der Waals surface area contributed by atoms with Gasteiger partial charge in [-0.2, -0.15) is 0 Å². The topological polar surface area (TPSA) is 55.6 Å². The van der Waals surface area contributed by atoms with Gasteiger partial charge < -0.3 is 5.32 Å². The summed E-state index contributed by atoms with van der Waals surface area (Å²) in [4.78, 5) is 0. The monoisotopic (exact) mass is 223 g/mol. The summed E-state index contributed by atoms with van der Waals surface area (Å²) in [5.74, 6) is 0.939. The van der Waals surface area contributed by atoms with Crippen LogP contribution in [0.3, 0.4) is 0 Å². The normalized spacial score (nSPS) is 19.9. The van der Waals surface area contributed by atoms with Crippen molar-refractivity contribution in [3.05, 3.63) is 5.82 Å². The van der Waals surface area contributed by atoms with Gasteiger partial charge in [0, 0.05) is 0 Å². The van der Waals surface area contributed by atoms with Crippen molar-refractivity contribution in [2.45, 2.75) is 52.1 Å². The molecule has 1 fully saturated rings. The van der Waals surface area contributed by atoms with Crippen LogP contribution in [0.5, 0.6) is 0 Å². The maximum absolute atomic E-state index is 4.09. The molecule has 0 atom stereocenters. The van der Waals surface area contributed by atoms with Gasteiger partial charge in [-0.15, -0.1) is 5.10 Å². The lowest BCUT2D eigenvalue weighted by atomic mass is 9.76. The van der Waals surface area contributed by atoms with Gasteiger partial charge in [0.15, 0.2) is 5.82 Å². The lowest BCUT2D eigenvalue weighted by Crippen LogP contribution is -2.28. The first-order valence-corrected chi connectivity index (χ1v) is 6.13. The third-order valence-electron chi connectivity index (χ3n) is 3.53. The second-order valence-corrected chi connectivity index (χ2v) is 5.15. The van der Waals surface area contributed by atoms with Crippen molar-refractivity contribution in [3.8, 4) is 0 Å². The maximum atomic E-state index is 4.09. The van der Waals surface area contributed by atoms with E-state index in [1.165, 1.54) is 32.1 Å².